The van der Waals surface area contributed by atoms with E-state index in [4.69, 9.17) is 0 Å². The van der Waals surface area contributed by atoms with Crippen molar-refractivity contribution in [1.29, 1.82) is 0 Å². The predicted octanol–water partition coefficient (Wildman–Crippen LogP) is 3.94. The smallest absolute Gasteiger partial charge is 0.243 e. The molecular weight excluding hydrogens is 363 g/mol. The summed E-state index contributed by atoms with van der Waals surface area (Å²) in [5.74, 6) is -0.391. The molecule has 1 aliphatic rings. The number of nitrogens with zero attached hydrogens (tertiary/aromatic N) is 2. The highest BCUT2D eigenvalue weighted by Gasteiger charge is 2.29. The Hall–Kier alpha value is -1.92. The monoisotopic (exact) mass is 390 g/mol. The molecule has 0 aromatic heterocycles. The van der Waals surface area contributed by atoms with Crippen LogP contribution < -0.4 is 4.90 Å². The van der Waals surface area contributed by atoms with Gasteiger partial charge in [0.25, 0.3) is 0 Å². The number of rotatable bonds is 3. The van der Waals surface area contributed by atoms with E-state index in [9.17, 15) is 12.8 Å². The second-order valence-corrected chi connectivity index (χ2v) is 10.0. The van der Waals surface area contributed by atoms with Gasteiger partial charge >= 0.3 is 0 Å². The lowest BCUT2D eigenvalue weighted by Gasteiger charge is -2.35. The topological polar surface area (TPSA) is 40.6 Å². The Kier molecular flexibility index (Phi) is 5.32. The standard InChI is InChI=1S/C21H27FN2O2S/c1-16-15-19(9-10-20(16)22)27(25,26)24-13-11-23(12-14-24)18-7-5-17(6-8-18)21(2,3)4/h5-10,15H,11-14H2,1-4H3. The zero-order chi connectivity index (χ0) is 19.8. The fourth-order valence-electron chi connectivity index (χ4n) is 3.29. The van der Waals surface area contributed by atoms with Gasteiger partial charge in [-0.15, -0.1) is 0 Å². The SMILES string of the molecule is Cc1cc(S(=O)(=O)N2CCN(c3ccc(C(C)(C)C)cc3)CC2)ccc1F. The Morgan fingerprint density at radius 3 is 2.04 bits per heavy atom. The van der Waals surface area contributed by atoms with E-state index in [1.807, 2.05) is 0 Å². The van der Waals surface area contributed by atoms with Crippen molar-refractivity contribution in [2.45, 2.75) is 38.0 Å². The van der Waals surface area contributed by atoms with Crippen LogP contribution in [0.25, 0.3) is 0 Å². The molecule has 146 valence electrons. The molecule has 6 heteroatoms. The number of hydrogen-bond donors (Lipinski definition) is 0. The normalized spacial score (nSPS) is 16.6. The number of aryl methyl sites for hydroxylation is 1. The Morgan fingerprint density at radius 1 is 0.926 bits per heavy atom. The first-order valence-corrected chi connectivity index (χ1v) is 10.6. The highest BCUT2D eigenvalue weighted by atomic mass is 32.2. The molecule has 2 aromatic rings. The second kappa shape index (κ2) is 7.24. The number of anilines is 1. The molecule has 0 amide bonds. The van der Waals surface area contributed by atoms with Crippen molar-refractivity contribution >= 4 is 15.7 Å². The summed E-state index contributed by atoms with van der Waals surface area (Å²) in [6.07, 6.45) is 0. The summed E-state index contributed by atoms with van der Waals surface area (Å²) in [5, 5.41) is 0. The third-order valence-corrected chi connectivity index (χ3v) is 7.00. The van der Waals surface area contributed by atoms with Crippen LogP contribution in [-0.2, 0) is 15.4 Å². The van der Waals surface area contributed by atoms with Crippen LogP contribution in [0.3, 0.4) is 0 Å². The molecule has 1 saturated heterocycles. The van der Waals surface area contributed by atoms with Crippen LogP contribution in [0, 0.1) is 12.7 Å². The highest BCUT2D eigenvalue weighted by Crippen LogP contribution is 2.26. The average molecular weight is 391 g/mol. The number of halogens is 1. The summed E-state index contributed by atoms with van der Waals surface area (Å²) in [7, 11) is -3.59. The predicted molar refractivity (Wildman–Crippen MR) is 107 cm³/mol. The Morgan fingerprint density at radius 2 is 1.52 bits per heavy atom. The Balaban J connectivity index is 1.70. The Labute approximate surface area is 161 Å². The van der Waals surface area contributed by atoms with E-state index in [2.05, 4.69) is 49.9 Å². The largest absolute Gasteiger partial charge is 0.369 e. The molecule has 1 heterocycles. The first-order valence-electron chi connectivity index (χ1n) is 9.21. The summed E-state index contributed by atoms with van der Waals surface area (Å²) in [4.78, 5) is 2.36. The van der Waals surface area contributed by atoms with Crippen molar-refractivity contribution < 1.29 is 12.8 Å². The molecule has 3 rings (SSSR count). The van der Waals surface area contributed by atoms with Gasteiger partial charge in [0.2, 0.25) is 10.0 Å². The van der Waals surface area contributed by atoms with Gasteiger partial charge in [0.1, 0.15) is 5.82 Å². The fraction of sp³-hybridized carbons (Fsp3) is 0.429. The van der Waals surface area contributed by atoms with E-state index in [1.54, 1.807) is 6.92 Å². The van der Waals surface area contributed by atoms with E-state index < -0.39 is 15.8 Å². The van der Waals surface area contributed by atoms with Gasteiger partial charge in [-0.1, -0.05) is 32.9 Å². The maximum absolute atomic E-state index is 13.5. The Bertz CT molecular complexity index is 910. The molecule has 0 radical (unpaired) electrons. The molecular formula is C21H27FN2O2S. The maximum Gasteiger partial charge on any atom is 0.243 e. The summed E-state index contributed by atoms with van der Waals surface area (Å²) in [5.41, 5.74) is 2.84. The maximum atomic E-state index is 13.5. The van der Waals surface area contributed by atoms with Gasteiger partial charge in [0, 0.05) is 31.9 Å². The molecule has 2 aromatic carbocycles. The van der Waals surface area contributed by atoms with Crippen molar-refractivity contribution in [2.24, 2.45) is 0 Å². The third-order valence-electron chi connectivity index (χ3n) is 5.10. The van der Waals surface area contributed by atoms with E-state index in [-0.39, 0.29) is 10.3 Å². The van der Waals surface area contributed by atoms with Crippen LogP contribution in [0.1, 0.15) is 31.9 Å². The molecule has 1 aliphatic heterocycles. The van der Waals surface area contributed by atoms with Crippen molar-refractivity contribution in [3.05, 3.63) is 59.4 Å². The summed E-state index contributed by atoms with van der Waals surface area (Å²) in [6, 6.07) is 12.5. The number of hydrogen-bond acceptors (Lipinski definition) is 3. The first-order chi connectivity index (χ1) is 12.6. The lowest BCUT2D eigenvalue weighted by Crippen LogP contribution is -2.48. The van der Waals surface area contributed by atoms with Crippen molar-refractivity contribution in [1.82, 2.24) is 4.31 Å². The highest BCUT2D eigenvalue weighted by molar-refractivity contribution is 7.89. The second-order valence-electron chi connectivity index (χ2n) is 8.10. The van der Waals surface area contributed by atoms with Crippen LogP contribution in [0.15, 0.2) is 47.4 Å². The molecule has 0 aliphatic carbocycles. The van der Waals surface area contributed by atoms with Gasteiger partial charge < -0.3 is 4.90 Å². The van der Waals surface area contributed by atoms with E-state index in [0.717, 1.165) is 5.69 Å². The number of benzene rings is 2. The van der Waals surface area contributed by atoms with Gasteiger partial charge in [-0.2, -0.15) is 4.31 Å². The first kappa shape index (κ1) is 19.8. The fourth-order valence-corrected chi connectivity index (χ4v) is 4.79. The molecule has 4 nitrogen and oxygen atoms in total. The quantitative estimate of drug-likeness (QED) is 0.797. The minimum Gasteiger partial charge on any atom is -0.369 e. The van der Waals surface area contributed by atoms with Crippen LogP contribution >= 0.6 is 0 Å². The molecule has 0 spiro atoms. The molecule has 0 atom stereocenters. The summed E-state index contributed by atoms with van der Waals surface area (Å²) >= 11 is 0. The molecule has 1 fully saturated rings. The van der Waals surface area contributed by atoms with Crippen LogP contribution in [0.4, 0.5) is 10.1 Å². The zero-order valence-corrected chi connectivity index (χ0v) is 17.2. The van der Waals surface area contributed by atoms with E-state index in [0.29, 0.717) is 31.7 Å². The van der Waals surface area contributed by atoms with Crippen molar-refractivity contribution in [2.75, 3.05) is 31.1 Å². The van der Waals surface area contributed by atoms with Crippen molar-refractivity contribution in [3.8, 4) is 0 Å². The van der Waals surface area contributed by atoms with Gasteiger partial charge in [-0.05, 0) is 53.8 Å². The van der Waals surface area contributed by atoms with Gasteiger partial charge in [-0.25, -0.2) is 12.8 Å². The molecule has 27 heavy (non-hydrogen) atoms. The minimum absolute atomic E-state index is 0.110. The molecule has 0 bridgehead atoms. The molecule has 0 N–H and O–H groups in total. The van der Waals surface area contributed by atoms with E-state index in [1.165, 1.54) is 28.1 Å². The summed E-state index contributed by atoms with van der Waals surface area (Å²) in [6.45, 7) is 10.2. The average Bonchev–Trinajstić information content (AvgIpc) is 2.63. The minimum atomic E-state index is -3.59. The van der Waals surface area contributed by atoms with Gasteiger partial charge in [-0.3, -0.25) is 0 Å². The zero-order valence-electron chi connectivity index (χ0n) is 16.4. The van der Waals surface area contributed by atoms with Crippen molar-refractivity contribution in [3.63, 3.8) is 0 Å². The van der Waals surface area contributed by atoms with Gasteiger partial charge in [0.15, 0.2) is 0 Å². The lowest BCUT2D eigenvalue weighted by atomic mass is 9.87. The third kappa shape index (κ3) is 4.17. The van der Waals surface area contributed by atoms with Crippen LogP contribution in [0.5, 0.6) is 0 Å². The molecule has 0 unspecified atom stereocenters. The van der Waals surface area contributed by atoms with Crippen LogP contribution in [0.2, 0.25) is 0 Å². The summed E-state index contributed by atoms with van der Waals surface area (Å²) < 4.78 is 40.6. The number of sulfonamides is 1. The lowest BCUT2D eigenvalue weighted by molar-refractivity contribution is 0.385. The number of piperazine rings is 1. The molecule has 0 saturated carbocycles. The van der Waals surface area contributed by atoms with Crippen LogP contribution in [-0.4, -0.2) is 38.9 Å². The van der Waals surface area contributed by atoms with Gasteiger partial charge in [0.05, 0.1) is 4.90 Å². The van der Waals surface area contributed by atoms with E-state index >= 15 is 0 Å².